The van der Waals surface area contributed by atoms with Gasteiger partial charge in [0.15, 0.2) is 0 Å². The van der Waals surface area contributed by atoms with Gasteiger partial charge in [-0.25, -0.2) is 0 Å². The zero-order chi connectivity index (χ0) is 11.4. The third-order valence-corrected chi connectivity index (χ3v) is 2.98. The van der Waals surface area contributed by atoms with E-state index in [-0.39, 0.29) is 6.10 Å². The first-order valence-electron chi connectivity index (χ1n) is 6.06. The second kappa shape index (κ2) is 5.41. The van der Waals surface area contributed by atoms with Crippen LogP contribution in [-0.2, 0) is 4.74 Å². The molecule has 16 heavy (non-hydrogen) atoms. The van der Waals surface area contributed by atoms with Crippen molar-refractivity contribution < 1.29 is 4.74 Å². The molecule has 0 aliphatic carbocycles. The molecular formula is C13H20N2O. The van der Waals surface area contributed by atoms with Crippen LogP contribution in [0.4, 0.5) is 0 Å². The molecule has 0 spiro atoms. The first-order valence-corrected chi connectivity index (χ1v) is 6.06. The smallest absolute Gasteiger partial charge is 0.0953 e. The van der Waals surface area contributed by atoms with Crippen LogP contribution in [0.3, 0.4) is 0 Å². The Balaban J connectivity index is 2.03. The van der Waals surface area contributed by atoms with Gasteiger partial charge in [-0.2, -0.15) is 0 Å². The zero-order valence-corrected chi connectivity index (χ0v) is 10.1. The summed E-state index contributed by atoms with van der Waals surface area (Å²) in [7, 11) is 0. The Bertz CT molecular complexity index is 338. The van der Waals surface area contributed by atoms with Crippen LogP contribution in [0.15, 0.2) is 18.3 Å². The molecule has 0 unspecified atom stereocenters. The lowest BCUT2D eigenvalue weighted by atomic mass is 10.1. The first kappa shape index (κ1) is 11.6. The van der Waals surface area contributed by atoms with Gasteiger partial charge in [0.2, 0.25) is 0 Å². The number of hydrogen-bond donors (Lipinski definition) is 0. The molecule has 1 aliphatic rings. The molecule has 1 aliphatic heterocycles. The highest BCUT2D eigenvalue weighted by atomic mass is 16.5. The van der Waals surface area contributed by atoms with Crippen LogP contribution in [0.5, 0.6) is 0 Å². The van der Waals surface area contributed by atoms with Crippen LogP contribution in [-0.4, -0.2) is 36.1 Å². The summed E-state index contributed by atoms with van der Waals surface area (Å²) in [5.41, 5.74) is 2.32. The molecule has 1 aromatic heterocycles. The Labute approximate surface area is 97.4 Å². The molecule has 88 valence electrons. The van der Waals surface area contributed by atoms with Crippen LogP contribution >= 0.6 is 0 Å². The fraction of sp³-hybridized carbons (Fsp3) is 0.615. The van der Waals surface area contributed by atoms with Crippen molar-refractivity contribution in [3.63, 3.8) is 0 Å². The fourth-order valence-corrected chi connectivity index (χ4v) is 2.19. The highest BCUT2D eigenvalue weighted by molar-refractivity contribution is 5.18. The molecule has 0 amide bonds. The normalized spacial score (nSPS) is 22.2. The van der Waals surface area contributed by atoms with Gasteiger partial charge in [-0.1, -0.05) is 6.92 Å². The van der Waals surface area contributed by atoms with Gasteiger partial charge in [0.05, 0.1) is 12.7 Å². The van der Waals surface area contributed by atoms with Crippen molar-refractivity contribution in [2.24, 2.45) is 0 Å². The van der Waals surface area contributed by atoms with E-state index < -0.39 is 0 Å². The molecule has 0 aromatic carbocycles. The lowest BCUT2D eigenvalue weighted by Gasteiger charge is -2.32. The highest BCUT2D eigenvalue weighted by Crippen LogP contribution is 2.22. The van der Waals surface area contributed by atoms with E-state index in [1.54, 1.807) is 0 Å². The van der Waals surface area contributed by atoms with Crippen LogP contribution in [0, 0.1) is 6.92 Å². The maximum absolute atomic E-state index is 5.83. The van der Waals surface area contributed by atoms with Gasteiger partial charge in [0.25, 0.3) is 0 Å². The summed E-state index contributed by atoms with van der Waals surface area (Å²) in [6.45, 7) is 8.33. The Hall–Kier alpha value is -0.930. The molecule has 2 rings (SSSR count). The number of aryl methyl sites for hydroxylation is 1. The van der Waals surface area contributed by atoms with Gasteiger partial charge in [0, 0.05) is 25.0 Å². The quantitative estimate of drug-likeness (QED) is 0.780. The lowest BCUT2D eigenvalue weighted by Crippen LogP contribution is -2.38. The van der Waals surface area contributed by atoms with E-state index in [4.69, 9.17) is 4.74 Å². The average Bonchev–Trinajstić information content (AvgIpc) is 2.30. The number of rotatable bonds is 3. The lowest BCUT2D eigenvalue weighted by molar-refractivity contribution is -0.0299. The molecule has 1 fully saturated rings. The topological polar surface area (TPSA) is 25.4 Å². The summed E-state index contributed by atoms with van der Waals surface area (Å²) in [6, 6.07) is 4.19. The van der Waals surface area contributed by atoms with Crippen LogP contribution < -0.4 is 0 Å². The SMILES string of the molecule is CCCN1CCO[C@@H](c2ccnc(C)c2)C1. The number of aromatic nitrogens is 1. The molecule has 0 radical (unpaired) electrons. The summed E-state index contributed by atoms with van der Waals surface area (Å²) >= 11 is 0. The molecule has 3 nitrogen and oxygen atoms in total. The molecular weight excluding hydrogens is 200 g/mol. The van der Waals surface area contributed by atoms with Crippen LogP contribution in [0.1, 0.15) is 30.7 Å². The minimum atomic E-state index is 0.224. The van der Waals surface area contributed by atoms with Crippen molar-refractivity contribution in [1.29, 1.82) is 0 Å². The number of hydrogen-bond acceptors (Lipinski definition) is 3. The Morgan fingerprint density at radius 2 is 2.44 bits per heavy atom. The van der Waals surface area contributed by atoms with E-state index in [1.165, 1.54) is 18.5 Å². The molecule has 0 bridgehead atoms. The average molecular weight is 220 g/mol. The van der Waals surface area contributed by atoms with Crippen molar-refractivity contribution in [3.05, 3.63) is 29.6 Å². The standard InChI is InChI=1S/C13H20N2O/c1-3-6-15-7-8-16-13(10-15)12-4-5-14-11(2)9-12/h4-5,9,13H,3,6-8,10H2,1-2H3/t13-/m1/s1. The van der Waals surface area contributed by atoms with E-state index in [2.05, 4.69) is 28.9 Å². The summed E-state index contributed by atoms with van der Waals surface area (Å²) in [5, 5.41) is 0. The van der Waals surface area contributed by atoms with E-state index in [0.29, 0.717) is 0 Å². The van der Waals surface area contributed by atoms with E-state index in [0.717, 1.165) is 25.4 Å². The summed E-state index contributed by atoms with van der Waals surface area (Å²) in [6.07, 6.45) is 3.30. The Kier molecular flexibility index (Phi) is 3.91. The van der Waals surface area contributed by atoms with Crippen molar-refractivity contribution in [1.82, 2.24) is 9.88 Å². The third-order valence-electron chi connectivity index (χ3n) is 2.98. The predicted molar refractivity (Wildman–Crippen MR) is 64.4 cm³/mol. The maximum Gasteiger partial charge on any atom is 0.0953 e. The second-order valence-electron chi connectivity index (χ2n) is 4.39. The molecule has 0 N–H and O–H groups in total. The van der Waals surface area contributed by atoms with Gasteiger partial charge < -0.3 is 4.74 Å². The Morgan fingerprint density at radius 3 is 3.19 bits per heavy atom. The van der Waals surface area contributed by atoms with E-state index in [1.807, 2.05) is 13.1 Å². The number of pyridine rings is 1. The molecule has 1 atom stereocenters. The maximum atomic E-state index is 5.83. The van der Waals surface area contributed by atoms with Gasteiger partial charge >= 0.3 is 0 Å². The first-order chi connectivity index (χ1) is 7.79. The fourth-order valence-electron chi connectivity index (χ4n) is 2.19. The Morgan fingerprint density at radius 1 is 1.56 bits per heavy atom. The van der Waals surface area contributed by atoms with Gasteiger partial charge in [0.1, 0.15) is 0 Å². The molecule has 2 heterocycles. The van der Waals surface area contributed by atoms with Crippen molar-refractivity contribution >= 4 is 0 Å². The van der Waals surface area contributed by atoms with E-state index in [9.17, 15) is 0 Å². The second-order valence-corrected chi connectivity index (χ2v) is 4.39. The number of ether oxygens (including phenoxy) is 1. The molecule has 0 saturated carbocycles. The summed E-state index contributed by atoms with van der Waals surface area (Å²) in [5.74, 6) is 0. The minimum absolute atomic E-state index is 0.224. The highest BCUT2D eigenvalue weighted by Gasteiger charge is 2.21. The predicted octanol–water partition coefficient (Wildman–Crippen LogP) is 2.17. The number of nitrogens with zero attached hydrogens (tertiary/aromatic N) is 2. The largest absolute Gasteiger partial charge is 0.371 e. The van der Waals surface area contributed by atoms with E-state index >= 15 is 0 Å². The minimum Gasteiger partial charge on any atom is -0.371 e. The number of morpholine rings is 1. The van der Waals surface area contributed by atoms with Gasteiger partial charge in [-0.05, 0) is 37.6 Å². The summed E-state index contributed by atoms with van der Waals surface area (Å²) in [4.78, 5) is 6.70. The van der Waals surface area contributed by atoms with Crippen molar-refractivity contribution in [2.75, 3.05) is 26.2 Å². The van der Waals surface area contributed by atoms with Gasteiger partial charge in [-0.3, -0.25) is 9.88 Å². The van der Waals surface area contributed by atoms with Crippen LogP contribution in [0.2, 0.25) is 0 Å². The molecule has 1 aromatic rings. The van der Waals surface area contributed by atoms with Crippen LogP contribution in [0.25, 0.3) is 0 Å². The van der Waals surface area contributed by atoms with Crippen molar-refractivity contribution in [2.45, 2.75) is 26.4 Å². The van der Waals surface area contributed by atoms with Gasteiger partial charge in [-0.15, -0.1) is 0 Å². The molecule has 3 heteroatoms. The zero-order valence-electron chi connectivity index (χ0n) is 10.1. The molecule has 1 saturated heterocycles. The third kappa shape index (κ3) is 2.80. The monoisotopic (exact) mass is 220 g/mol. The van der Waals surface area contributed by atoms with Crippen molar-refractivity contribution in [3.8, 4) is 0 Å². The summed E-state index contributed by atoms with van der Waals surface area (Å²) < 4.78 is 5.83.